The summed E-state index contributed by atoms with van der Waals surface area (Å²) in [7, 11) is 0. The van der Waals surface area contributed by atoms with E-state index >= 15 is 0 Å². The number of benzene rings is 2. The molecule has 2 aromatic carbocycles. The van der Waals surface area contributed by atoms with Crippen LogP contribution in [0, 0.1) is 0 Å². The van der Waals surface area contributed by atoms with Gasteiger partial charge in [-0.05, 0) is 108 Å². The number of aromatic amines is 1. The first kappa shape index (κ1) is 19.3. The van der Waals surface area contributed by atoms with Crippen molar-refractivity contribution in [2.24, 2.45) is 4.99 Å². The molecule has 0 unspecified atom stereocenters. The van der Waals surface area contributed by atoms with Crippen molar-refractivity contribution in [3.05, 3.63) is 50.2 Å². The van der Waals surface area contributed by atoms with Crippen molar-refractivity contribution < 1.29 is 9.90 Å². The Bertz CT molecular complexity index is 1180. The molecular formula is C16H4Br6N2O2. The highest BCUT2D eigenvalue weighted by molar-refractivity contribution is 9.13. The highest BCUT2D eigenvalue weighted by Gasteiger charge is 2.34. The number of nitrogens with zero attached hydrogens (tertiary/aromatic N) is 1. The van der Waals surface area contributed by atoms with Gasteiger partial charge >= 0.3 is 0 Å². The number of ketones is 1. The van der Waals surface area contributed by atoms with E-state index in [-0.39, 0.29) is 22.9 Å². The average molecular weight is 736 g/mol. The summed E-state index contributed by atoms with van der Waals surface area (Å²) >= 11 is 20.7. The maximum absolute atomic E-state index is 13.0. The van der Waals surface area contributed by atoms with E-state index in [1.807, 2.05) is 12.1 Å². The summed E-state index contributed by atoms with van der Waals surface area (Å²) in [5.74, 6) is -0.317. The van der Waals surface area contributed by atoms with Crippen LogP contribution in [0.4, 0.5) is 5.69 Å². The van der Waals surface area contributed by atoms with Crippen LogP contribution in [0.2, 0.25) is 0 Å². The quantitative estimate of drug-likeness (QED) is 0.251. The Balaban J connectivity index is 2.00. The number of aromatic hydroxyl groups is 1. The number of hydrogen-bond acceptors (Lipinski definition) is 3. The number of nitrogens with one attached hydrogen (secondary N) is 1. The number of halogens is 6. The molecule has 2 heterocycles. The molecule has 0 radical (unpaired) electrons. The predicted molar refractivity (Wildman–Crippen MR) is 123 cm³/mol. The normalized spacial score (nSPS) is 13.5. The summed E-state index contributed by atoms with van der Waals surface area (Å²) in [6.07, 6.45) is 0. The average Bonchev–Trinajstić information content (AvgIpc) is 3.09. The van der Waals surface area contributed by atoms with Crippen LogP contribution in [0.3, 0.4) is 0 Å². The second-order valence-corrected chi connectivity index (χ2v) is 10.4. The lowest BCUT2D eigenvalue weighted by Crippen LogP contribution is -2.12. The van der Waals surface area contributed by atoms with E-state index in [0.717, 1.165) is 13.4 Å². The molecule has 1 aromatic heterocycles. The molecule has 0 amide bonds. The van der Waals surface area contributed by atoms with Gasteiger partial charge in [0.15, 0.2) is 5.75 Å². The Morgan fingerprint density at radius 1 is 0.885 bits per heavy atom. The highest BCUT2D eigenvalue weighted by atomic mass is 79.9. The van der Waals surface area contributed by atoms with Gasteiger partial charge in [0.25, 0.3) is 0 Å². The lowest BCUT2D eigenvalue weighted by Gasteiger charge is -2.04. The smallest absolute Gasteiger partial charge is 0.217 e. The van der Waals surface area contributed by atoms with Gasteiger partial charge in [-0.2, -0.15) is 0 Å². The van der Waals surface area contributed by atoms with E-state index < -0.39 is 0 Å². The Hall–Kier alpha value is -0.000000000000000222. The van der Waals surface area contributed by atoms with Crippen LogP contribution >= 0.6 is 95.6 Å². The van der Waals surface area contributed by atoms with Crippen molar-refractivity contribution >= 4 is 124 Å². The number of aliphatic imine (C=N–C) groups is 1. The highest BCUT2D eigenvalue weighted by Crippen LogP contribution is 2.47. The molecule has 0 saturated carbocycles. The van der Waals surface area contributed by atoms with Crippen molar-refractivity contribution in [1.82, 2.24) is 4.98 Å². The Morgan fingerprint density at radius 3 is 2.19 bits per heavy atom. The molecule has 2 N–H and O–H groups in total. The van der Waals surface area contributed by atoms with Gasteiger partial charge in [0.1, 0.15) is 11.4 Å². The predicted octanol–water partition coefficient (Wildman–Crippen LogP) is 7.77. The van der Waals surface area contributed by atoms with E-state index in [0.29, 0.717) is 35.6 Å². The fourth-order valence-corrected chi connectivity index (χ4v) is 6.27. The van der Waals surface area contributed by atoms with Crippen LogP contribution < -0.4 is 0 Å². The van der Waals surface area contributed by atoms with E-state index in [1.54, 1.807) is 0 Å². The first-order valence-electron chi connectivity index (χ1n) is 6.91. The molecule has 0 saturated heterocycles. The molecule has 1 aliphatic heterocycles. The van der Waals surface area contributed by atoms with Gasteiger partial charge < -0.3 is 10.1 Å². The van der Waals surface area contributed by atoms with Gasteiger partial charge in [0.05, 0.1) is 22.2 Å². The molecule has 0 aliphatic carbocycles. The summed E-state index contributed by atoms with van der Waals surface area (Å²) < 4.78 is 4.26. The minimum Gasteiger partial charge on any atom is -0.505 e. The molecule has 3 aromatic rings. The van der Waals surface area contributed by atoms with Gasteiger partial charge in [-0.1, -0.05) is 0 Å². The fourth-order valence-electron chi connectivity index (χ4n) is 2.77. The minimum absolute atomic E-state index is 0.0416. The number of carbonyl (C=O) groups excluding carboxylic acids is 1. The number of aromatic nitrogens is 1. The molecule has 0 bridgehead atoms. The molecule has 4 rings (SSSR count). The molecular weight excluding hydrogens is 732 g/mol. The van der Waals surface area contributed by atoms with E-state index in [9.17, 15) is 9.90 Å². The molecule has 4 nitrogen and oxygen atoms in total. The van der Waals surface area contributed by atoms with E-state index in [2.05, 4.69) is 106 Å². The molecule has 0 fully saturated rings. The van der Waals surface area contributed by atoms with Crippen LogP contribution in [0.25, 0.3) is 10.9 Å². The number of rotatable bonds is 1. The summed E-state index contributed by atoms with van der Waals surface area (Å²) in [5.41, 5.74) is 2.06. The van der Waals surface area contributed by atoms with Gasteiger partial charge in [0.2, 0.25) is 5.78 Å². The van der Waals surface area contributed by atoms with Gasteiger partial charge in [-0.3, -0.25) is 4.79 Å². The molecule has 132 valence electrons. The minimum atomic E-state index is -0.276. The SMILES string of the molecule is O=C1C(c2[nH]c3c(Br)cc(Br)c(Br)c3c2O)=Nc2c(Br)cc(Br)c(Br)c21. The maximum atomic E-state index is 13.0. The zero-order valence-corrected chi connectivity index (χ0v) is 21.7. The molecule has 10 heteroatoms. The number of carbonyl (C=O) groups is 1. The number of hydrogen-bond donors (Lipinski definition) is 2. The molecule has 0 atom stereocenters. The van der Waals surface area contributed by atoms with Crippen LogP contribution in [0.5, 0.6) is 5.75 Å². The second-order valence-electron chi connectivity index (χ2n) is 5.42. The van der Waals surface area contributed by atoms with Gasteiger partial charge in [-0.25, -0.2) is 4.99 Å². The molecule has 26 heavy (non-hydrogen) atoms. The lowest BCUT2D eigenvalue weighted by molar-refractivity contribution is 0.106. The fraction of sp³-hybridized carbons (Fsp3) is 0. The topological polar surface area (TPSA) is 65.5 Å². The summed E-state index contributed by atoms with van der Waals surface area (Å²) in [4.78, 5) is 20.6. The third-order valence-corrected chi connectivity index (χ3v) is 9.14. The summed E-state index contributed by atoms with van der Waals surface area (Å²) in [6, 6.07) is 3.67. The summed E-state index contributed by atoms with van der Waals surface area (Å²) in [5, 5.41) is 11.4. The van der Waals surface area contributed by atoms with Crippen molar-refractivity contribution in [2.45, 2.75) is 0 Å². The Labute approximate surface area is 197 Å². The maximum Gasteiger partial charge on any atom is 0.217 e. The third kappa shape index (κ3) is 2.75. The molecule has 0 spiro atoms. The zero-order chi connectivity index (χ0) is 18.9. The van der Waals surface area contributed by atoms with Crippen LogP contribution in [-0.4, -0.2) is 21.6 Å². The third-order valence-electron chi connectivity index (χ3n) is 3.94. The van der Waals surface area contributed by atoms with Crippen molar-refractivity contribution in [3.63, 3.8) is 0 Å². The zero-order valence-electron chi connectivity index (χ0n) is 12.2. The summed E-state index contributed by atoms with van der Waals surface area (Å²) in [6.45, 7) is 0. The number of Topliss-reactive ketones (excluding diaryl/α,β-unsaturated/α-hetero) is 1. The van der Waals surface area contributed by atoms with Crippen LogP contribution in [0.15, 0.2) is 44.0 Å². The second kappa shape index (κ2) is 6.81. The van der Waals surface area contributed by atoms with Crippen LogP contribution in [0.1, 0.15) is 16.1 Å². The molecule has 1 aliphatic rings. The first-order chi connectivity index (χ1) is 12.2. The van der Waals surface area contributed by atoms with Gasteiger partial charge in [0, 0.05) is 26.8 Å². The Morgan fingerprint density at radius 2 is 1.50 bits per heavy atom. The van der Waals surface area contributed by atoms with Crippen LogP contribution in [-0.2, 0) is 0 Å². The van der Waals surface area contributed by atoms with E-state index in [4.69, 9.17) is 0 Å². The monoisotopic (exact) mass is 730 g/mol. The van der Waals surface area contributed by atoms with Gasteiger partial charge in [-0.15, -0.1) is 0 Å². The number of H-pyrrole nitrogens is 1. The lowest BCUT2D eigenvalue weighted by atomic mass is 10.1. The number of fused-ring (bicyclic) bond motifs is 2. The largest absolute Gasteiger partial charge is 0.505 e. The van der Waals surface area contributed by atoms with E-state index in [1.165, 1.54) is 0 Å². The van der Waals surface area contributed by atoms with Crippen molar-refractivity contribution in [1.29, 1.82) is 0 Å². The van der Waals surface area contributed by atoms with Crippen molar-refractivity contribution in [2.75, 3.05) is 0 Å². The van der Waals surface area contributed by atoms with Crippen molar-refractivity contribution in [3.8, 4) is 5.75 Å². The standard InChI is InChI=1S/C16H4Br6N2O2/c17-3-1-5(19)11-7(9(3)21)15(25)13(23-11)14-16(26)8-10(22)4(18)2-6(20)12(8)24-14/h1-2,23,25H. The first-order valence-corrected chi connectivity index (χ1v) is 11.7. The Kier molecular flexibility index (Phi) is 5.06.